The highest BCUT2D eigenvalue weighted by Gasteiger charge is 2.21. The molecule has 1 amide bonds. The van der Waals surface area contributed by atoms with Crippen LogP contribution in [0.1, 0.15) is 32.6 Å². The van der Waals surface area contributed by atoms with Crippen LogP contribution < -0.4 is 9.62 Å². The zero-order valence-corrected chi connectivity index (χ0v) is 18.5. The fourth-order valence-electron chi connectivity index (χ4n) is 3.41. The molecule has 3 rings (SSSR count). The average molecular weight is 441 g/mol. The second-order valence-electron chi connectivity index (χ2n) is 7.48. The third kappa shape index (κ3) is 5.49. The maximum absolute atomic E-state index is 13.7. The van der Waals surface area contributed by atoms with Gasteiger partial charge in [0.05, 0.1) is 18.5 Å². The Hall–Kier alpha value is -3.19. The van der Waals surface area contributed by atoms with Gasteiger partial charge >= 0.3 is 0 Å². The second-order valence-corrected chi connectivity index (χ2v) is 9.39. The first-order chi connectivity index (χ1) is 14.7. The first kappa shape index (κ1) is 22.5. The molecule has 0 spiro atoms. The van der Waals surface area contributed by atoms with Gasteiger partial charge in [-0.25, -0.2) is 12.8 Å². The zero-order chi connectivity index (χ0) is 22.6. The molecule has 0 unspecified atom stereocenters. The second kappa shape index (κ2) is 9.31. The van der Waals surface area contributed by atoms with Crippen molar-refractivity contribution in [3.8, 4) is 0 Å². The van der Waals surface area contributed by atoms with Gasteiger partial charge in [0.15, 0.2) is 0 Å². The van der Waals surface area contributed by atoms with Gasteiger partial charge in [-0.05, 0) is 48.7 Å². The van der Waals surface area contributed by atoms with E-state index in [1.807, 2.05) is 32.0 Å². The van der Waals surface area contributed by atoms with E-state index in [0.717, 1.165) is 16.7 Å². The molecule has 7 heteroatoms. The smallest absolute Gasteiger partial charge is 0.251 e. The molecule has 0 saturated carbocycles. The number of nitrogens with one attached hydrogen (secondary N) is 1. The highest BCUT2D eigenvalue weighted by Crippen LogP contribution is 2.28. The number of sulfonamides is 1. The van der Waals surface area contributed by atoms with Crippen molar-refractivity contribution in [2.45, 2.75) is 26.9 Å². The van der Waals surface area contributed by atoms with Gasteiger partial charge in [-0.2, -0.15) is 0 Å². The van der Waals surface area contributed by atoms with Gasteiger partial charge in [-0.3, -0.25) is 9.10 Å². The van der Waals surface area contributed by atoms with E-state index in [9.17, 15) is 17.6 Å². The van der Waals surface area contributed by atoms with Crippen LogP contribution >= 0.6 is 0 Å². The number of carbonyl (C=O) groups is 1. The van der Waals surface area contributed by atoms with E-state index < -0.39 is 10.0 Å². The molecule has 3 aromatic rings. The first-order valence-corrected chi connectivity index (χ1v) is 11.7. The van der Waals surface area contributed by atoms with Crippen LogP contribution in [-0.4, -0.2) is 20.6 Å². The van der Waals surface area contributed by atoms with Crippen molar-refractivity contribution >= 4 is 21.6 Å². The van der Waals surface area contributed by atoms with E-state index in [4.69, 9.17) is 0 Å². The van der Waals surface area contributed by atoms with Crippen LogP contribution in [0.15, 0.2) is 66.7 Å². The Morgan fingerprint density at radius 1 is 0.935 bits per heavy atom. The molecular formula is C24H25FN2O3S. The Kier molecular flexibility index (Phi) is 6.75. The van der Waals surface area contributed by atoms with Crippen LogP contribution in [0, 0.1) is 19.7 Å². The van der Waals surface area contributed by atoms with E-state index in [1.54, 1.807) is 42.5 Å². The van der Waals surface area contributed by atoms with Crippen LogP contribution in [0.4, 0.5) is 10.1 Å². The molecule has 0 aliphatic carbocycles. The summed E-state index contributed by atoms with van der Waals surface area (Å²) in [6.45, 7) is 4.00. The summed E-state index contributed by atoms with van der Waals surface area (Å²) in [6.07, 6.45) is 1.18. The summed E-state index contributed by atoms with van der Waals surface area (Å²) < 4.78 is 40.1. The van der Waals surface area contributed by atoms with Crippen molar-refractivity contribution in [1.29, 1.82) is 0 Å². The lowest BCUT2D eigenvalue weighted by Gasteiger charge is -2.26. The minimum absolute atomic E-state index is 0.0850. The fourth-order valence-corrected chi connectivity index (χ4v) is 4.41. The van der Waals surface area contributed by atoms with E-state index in [0.29, 0.717) is 16.8 Å². The third-order valence-electron chi connectivity index (χ3n) is 5.03. The molecule has 0 saturated heterocycles. The molecule has 0 radical (unpaired) electrons. The van der Waals surface area contributed by atoms with Gasteiger partial charge in [0.1, 0.15) is 5.82 Å². The van der Waals surface area contributed by atoms with Crippen LogP contribution in [0.25, 0.3) is 0 Å². The van der Waals surface area contributed by atoms with E-state index >= 15 is 0 Å². The van der Waals surface area contributed by atoms with Gasteiger partial charge in [-0.1, -0.05) is 48.5 Å². The highest BCUT2D eigenvalue weighted by molar-refractivity contribution is 7.92. The predicted octanol–water partition coefficient (Wildman–Crippen LogP) is 4.34. The van der Waals surface area contributed by atoms with Crippen molar-refractivity contribution in [3.05, 3.63) is 100 Å². The van der Waals surface area contributed by atoms with Gasteiger partial charge in [0.2, 0.25) is 10.0 Å². The Labute approximate surface area is 182 Å². The summed E-state index contributed by atoms with van der Waals surface area (Å²) in [4.78, 5) is 12.4. The number of nitrogens with zero attached hydrogens (tertiary/aromatic N) is 1. The number of carbonyl (C=O) groups excluding carboxylic acids is 1. The summed E-state index contributed by atoms with van der Waals surface area (Å²) in [7, 11) is -3.51. The van der Waals surface area contributed by atoms with Crippen molar-refractivity contribution in [2.24, 2.45) is 0 Å². The van der Waals surface area contributed by atoms with Gasteiger partial charge < -0.3 is 5.32 Å². The molecule has 5 nitrogen and oxygen atoms in total. The molecule has 3 aromatic carbocycles. The third-order valence-corrected chi connectivity index (χ3v) is 6.14. The number of anilines is 1. The molecule has 31 heavy (non-hydrogen) atoms. The first-order valence-electron chi connectivity index (χ1n) is 9.81. The molecule has 0 aliphatic rings. The summed E-state index contributed by atoms with van der Waals surface area (Å²) in [5, 5.41) is 2.70. The number of rotatable bonds is 7. The molecule has 1 N–H and O–H groups in total. The quantitative estimate of drug-likeness (QED) is 0.594. The number of hydrogen-bond donors (Lipinski definition) is 1. The van der Waals surface area contributed by atoms with Crippen LogP contribution in [-0.2, 0) is 23.1 Å². The number of benzene rings is 3. The molecule has 0 bridgehead atoms. The van der Waals surface area contributed by atoms with Crippen molar-refractivity contribution in [2.75, 3.05) is 10.6 Å². The van der Waals surface area contributed by atoms with Gasteiger partial charge in [0.25, 0.3) is 5.91 Å². The maximum Gasteiger partial charge on any atom is 0.251 e. The minimum atomic E-state index is -3.51. The standard InChI is InChI=1S/C24H25FN2O3S/c1-17-7-6-8-18(2)23(17)27(31(3,29)30)16-19-11-13-20(14-12-19)24(28)26-15-21-9-4-5-10-22(21)25/h4-14H,15-16H2,1-3H3,(H,26,28). The van der Waals surface area contributed by atoms with E-state index in [1.165, 1.54) is 16.6 Å². The molecule has 162 valence electrons. The molecular weight excluding hydrogens is 415 g/mol. The van der Waals surface area contributed by atoms with Gasteiger partial charge in [-0.15, -0.1) is 0 Å². The summed E-state index contributed by atoms with van der Waals surface area (Å²) in [5.74, 6) is -0.699. The Morgan fingerprint density at radius 3 is 2.13 bits per heavy atom. The topological polar surface area (TPSA) is 66.5 Å². The highest BCUT2D eigenvalue weighted by atomic mass is 32.2. The molecule has 0 fully saturated rings. The van der Waals surface area contributed by atoms with Crippen LogP contribution in [0.5, 0.6) is 0 Å². The van der Waals surface area contributed by atoms with E-state index in [2.05, 4.69) is 5.32 Å². The normalized spacial score (nSPS) is 11.2. The number of hydrogen-bond acceptors (Lipinski definition) is 3. The largest absolute Gasteiger partial charge is 0.348 e. The average Bonchev–Trinajstić information content (AvgIpc) is 2.72. The predicted molar refractivity (Wildman–Crippen MR) is 121 cm³/mol. The monoisotopic (exact) mass is 440 g/mol. The minimum Gasteiger partial charge on any atom is -0.348 e. The van der Waals surface area contributed by atoms with Crippen molar-refractivity contribution in [1.82, 2.24) is 5.32 Å². The fraction of sp³-hybridized carbons (Fsp3) is 0.208. The Morgan fingerprint density at radius 2 is 1.55 bits per heavy atom. The number of amides is 1. The number of halogens is 1. The molecule has 0 heterocycles. The summed E-state index contributed by atoms with van der Waals surface area (Å²) in [6, 6.07) is 18.6. The van der Waals surface area contributed by atoms with Crippen LogP contribution in [0.3, 0.4) is 0 Å². The van der Waals surface area contributed by atoms with Gasteiger partial charge in [0, 0.05) is 17.7 Å². The van der Waals surface area contributed by atoms with E-state index in [-0.39, 0.29) is 24.8 Å². The number of aryl methyl sites for hydroxylation is 2. The molecule has 0 aliphatic heterocycles. The van der Waals surface area contributed by atoms with Crippen LogP contribution in [0.2, 0.25) is 0 Å². The zero-order valence-electron chi connectivity index (χ0n) is 17.7. The number of para-hydroxylation sites is 1. The Balaban J connectivity index is 1.75. The molecule has 0 aromatic heterocycles. The maximum atomic E-state index is 13.7. The molecule has 0 atom stereocenters. The summed E-state index contributed by atoms with van der Waals surface area (Å²) >= 11 is 0. The Bertz CT molecular complexity index is 1170. The lowest BCUT2D eigenvalue weighted by molar-refractivity contribution is 0.0950. The van der Waals surface area contributed by atoms with Crippen molar-refractivity contribution < 1.29 is 17.6 Å². The lowest BCUT2D eigenvalue weighted by Crippen LogP contribution is -2.30. The van der Waals surface area contributed by atoms with Crippen molar-refractivity contribution in [3.63, 3.8) is 0 Å². The lowest BCUT2D eigenvalue weighted by atomic mass is 10.1. The summed E-state index contributed by atoms with van der Waals surface area (Å²) in [5.41, 5.74) is 3.97. The SMILES string of the molecule is Cc1cccc(C)c1N(Cc1ccc(C(=O)NCc2ccccc2F)cc1)S(C)(=O)=O.